The molecule has 0 bridgehead atoms. The Labute approximate surface area is 141 Å². The SMILES string of the molecule is C=CCc1cc(C(=O)Nc2ccc(C#N)cc2)cc(OC)c1OC. The lowest BCUT2D eigenvalue weighted by atomic mass is 10.0. The molecule has 24 heavy (non-hydrogen) atoms. The number of nitriles is 1. The van der Waals surface area contributed by atoms with E-state index in [-0.39, 0.29) is 5.91 Å². The number of nitrogens with one attached hydrogen (secondary N) is 1. The minimum Gasteiger partial charge on any atom is -0.493 e. The van der Waals surface area contributed by atoms with Gasteiger partial charge in [0.15, 0.2) is 11.5 Å². The summed E-state index contributed by atoms with van der Waals surface area (Å²) >= 11 is 0. The molecule has 0 saturated carbocycles. The van der Waals surface area contributed by atoms with Gasteiger partial charge in [-0.3, -0.25) is 4.79 Å². The van der Waals surface area contributed by atoms with Crippen molar-refractivity contribution in [3.05, 3.63) is 65.7 Å². The van der Waals surface area contributed by atoms with Crippen LogP contribution in [0.25, 0.3) is 0 Å². The first kappa shape index (κ1) is 17.1. The number of ether oxygens (including phenoxy) is 2. The Morgan fingerprint density at radius 2 is 1.96 bits per heavy atom. The molecule has 0 atom stereocenters. The molecule has 2 aromatic rings. The first-order chi connectivity index (χ1) is 11.6. The van der Waals surface area contributed by atoms with Crippen LogP contribution < -0.4 is 14.8 Å². The lowest BCUT2D eigenvalue weighted by Crippen LogP contribution is -2.13. The maximum atomic E-state index is 12.5. The third kappa shape index (κ3) is 3.73. The highest BCUT2D eigenvalue weighted by Crippen LogP contribution is 2.33. The summed E-state index contributed by atoms with van der Waals surface area (Å²) in [6.45, 7) is 3.72. The van der Waals surface area contributed by atoms with E-state index in [1.54, 1.807) is 49.6 Å². The van der Waals surface area contributed by atoms with Gasteiger partial charge in [0.1, 0.15) is 0 Å². The van der Waals surface area contributed by atoms with Crippen LogP contribution in [-0.2, 0) is 6.42 Å². The van der Waals surface area contributed by atoms with Gasteiger partial charge in [0.2, 0.25) is 0 Å². The van der Waals surface area contributed by atoms with Crippen LogP contribution in [0.4, 0.5) is 5.69 Å². The summed E-state index contributed by atoms with van der Waals surface area (Å²) < 4.78 is 10.7. The highest BCUT2D eigenvalue weighted by molar-refractivity contribution is 6.04. The Kier molecular flexibility index (Phi) is 5.58. The van der Waals surface area contributed by atoms with E-state index in [0.29, 0.717) is 34.7 Å². The van der Waals surface area contributed by atoms with Crippen molar-refractivity contribution in [1.82, 2.24) is 0 Å². The summed E-state index contributed by atoms with van der Waals surface area (Å²) in [7, 11) is 3.08. The molecule has 0 radical (unpaired) electrons. The Morgan fingerprint density at radius 1 is 1.25 bits per heavy atom. The third-order valence-corrected chi connectivity index (χ3v) is 3.45. The molecule has 0 aromatic heterocycles. The number of amides is 1. The number of carbonyl (C=O) groups is 1. The molecule has 0 aliphatic rings. The van der Waals surface area contributed by atoms with Gasteiger partial charge in [0, 0.05) is 16.8 Å². The molecule has 0 aliphatic carbocycles. The Bertz CT molecular complexity index is 789. The fourth-order valence-corrected chi connectivity index (χ4v) is 2.31. The van der Waals surface area contributed by atoms with E-state index in [2.05, 4.69) is 11.9 Å². The molecular formula is C19H18N2O3. The second-order valence-corrected chi connectivity index (χ2v) is 5.01. The third-order valence-electron chi connectivity index (χ3n) is 3.45. The molecule has 0 saturated heterocycles. The quantitative estimate of drug-likeness (QED) is 0.826. The molecule has 122 valence electrons. The molecular weight excluding hydrogens is 304 g/mol. The van der Waals surface area contributed by atoms with E-state index in [1.807, 2.05) is 6.07 Å². The van der Waals surface area contributed by atoms with Crippen molar-refractivity contribution < 1.29 is 14.3 Å². The van der Waals surface area contributed by atoms with Gasteiger partial charge in [-0.15, -0.1) is 6.58 Å². The molecule has 1 N–H and O–H groups in total. The maximum absolute atomic E-state index is 12.5. The number of anilines is 1. The Morgan fingerprint density at radius 3 is 2.50 bits per heavy atom. The zero-order chi connectivity index (χ0) is 17.5. The van der Waals surface area contributed by atoms with Crippen LogP contribution >= 0.6 is 0 Å². The van der Waals surface area contributed by atoms with Gasteiger partial charge in [0.05, 0.1) is 25.9 Å². The number of nitrogens with zero attached hydrogens (tertiary/aromatic N) is 1. The van der Waals surface area contributed by atoms with Gasteiger partial charge in [-0.1, -0.05) is 6.08 Å². The summed E-state index contributed by atoms with van der Waals surface area (Å²) in [5.41, 5.74) is 2.41. The number of benzene rings is 2. The first-order valence-corrected chi connectivity index (χ1v) is 7.30. The number of hydrogen-bond acceptors (Lipinski definition) is 4. The summed E-state index contributed by atoms with van der Waals surface area (Å²) in [6, 6.07) is 12.1. The highest BCUT2D eigenvalue weighted by Gasteiger charge is 2.15. The summed E-state index contributed by atoms with van der Waals surface area (Å²) in [5.74, 6) is 0.806. The number of carbonyl (C=O) groups excluding carboxylic acids is 1. The van der Waals surface area contributed by atoms with Crippen LogP contribution in [0, 0.1) is 11.3 Å². The topological polar surface area (TPSA) is 71.4 Å². The van der Waals surface area contributed by atoms with E-state index in [0.717, 1.165) is 5.56 Å². The maximum Gasteiger partial charge on any atom is 0.255 e. The van der Waals surface area contributed by atoms with Gasteiger partial charge in [-0.05, 0) is 42.8 Å². The zero-order valence-corrected chi connectivity index (χ0v) is 13.6. The summed E-state index contributed by atoms with van der Waals surface area (Å²) in [6.07, 6.45) is 2.29. The van der Waals surface area contributed by atoms with Crippen molar-refractivity contribution in [2.45, 2.75) is 6.42 Å². The highest BCUT2D eigenvalue weighted by atomic mass is 16.5. The van der Waals surface area contributed by atoms with Crippen LogP contribution in [0.15, 0.2) is 49.1 Å². The predicted octanol–water partition coefficient (Wildman–Crippen LogP) is 3.56. The standard InChI is InChI=1S/C19H18N2O3/c1-4-5-14-10-15(11-17(23-2)18(14)24-3)19(22)21-16-8-6-13(12-20)7-9-16/h4,6-11H,1,5H2,2-3H3,(H,21,22). The van der Waals surface area contributed by atoms with Crippen LogP contribution in [0.3, 0.4) is 0 Å². The van der Waals surface area contributed by atoms with Crippen molar-refractivity contribution in [3.63, 3.8) is 0 Å². The fraction of sp³-hybridized carbons (Fsp3) is 0.158. The molecule has 2 aromatic carbocycles. The molecule has 2 rings (SSSR count). The minimum absolute atomic E-state index is 0.272. The molecule has 1 amide bonds. The van der Waals surface area contributed by atoms with Gasteiger partial charge >= 0.3 is 0 Å². The van der Waals surface area contributed by atoms with Gasteiger partial charge in [0.25, 0.3) is 5.91 Å². The summed E-state index contributed by atoms with van der Waals surface area (Å²) in [4.78, 5) is 12.5. The van der Waals surface area contributed by atoms with Crippen LogP contribution in [0.1, 0.15) is 21.5 Å². The number of allylic oxidation sites excluding steroid dienone is 1. The van der Waals surface area contributed by atoms with Gasteiger partial charge in [-0.2, -0.15) is 5.26 Å². The molecule has 0 fully saturated rings. The largest absolute Gasteiger partial charge is 0.493 e. The zero-order valence-electron chi connectivity index (χ0n) is 13.6. The van der Waals surface area contributed by atoms with Crippen molar-refractivity contribution in [3.8, 4) is 17.6 Å². The molecule has 0 spiro atoms. The van der Waals surface area contributed by atoms with E-state index < -0.39 is 0 Å². The molecule has 0 aliphatic heterocycles. The lowest BCUT2D eigenvalue weighted by Gasteiger charge is -2.14. The monoisotopic (exact) mass is 322 g/mol. The van der Waals surface area contributed by atoms with Crippen LogP contribution in [0.2, 0.25) is 0 Å². The Hall–Kier alpha value is -3.26. The second kappa shape index (κ2) is 7.84. The van der Waals surface area contributed by atoms with Crippen molar-refractivity contribution in [2.24, 2.45) is 0 Å². The fourth-order valence-electron chi connectivity index (χ4n) is 2.31. The minimum atomic E-state index is -0.272. The van der Waals surface area contributed by atoms with Gasteiger partial charge in [-0.25, -0.2) is 0 Å². The summed E-state index contributed by atoms with van der Waals surface area (Å²) in [5, 5.41) is 11.6. The van der Waals surface area contributed by atoms with Crippen molar-refractivity contribution in [2.75, 3.05) is 19.5 Å². The normalized spacial score (nSPS) is 9.71. The van der Waals surface area contributed by atoms with Crippen LogP contribution in [0.5, 0.6) is 11.5 Å². The molecule has 5 heteroatoms. The predicted molar refractivity (Wildman–Crippen MR) is 92.6 cm³/mol. The van der Waals surface area contributed by atoms with E-state index >= 15 is 0 Å². The van der Waals surface area contributed by atoms with Gasteiger partial charge < -0.3 is 14.8 Å². The van der Waals surface area contributed by atoms with E-state index in [9.17, 15) is 4.79 Å². The molecule has 0 unspecified atom stereocenters. The first-order valence-electron chi connectivity index (χ1n) is 7.30. The lowest BCUT2D eigenvalue weighted by molar-refractivity contribution is 0.102. The Balaban J connectivity index is 2.32. The van der Waals surface area contributed by atoms with E-state index in [1.165, 1.54) is 7.11 Å². The average molecular weight is 322 g/mol. The van der Waals surface area contributed by atoms with Crippen molar-refractivity contribution >= 4 is 11.6 Å². The molecule has 5 nitrogen and oxygen atoms in total. The average Bonchev–Trinajstić information content (AvgIpc) is 2.61. The van der Waals surface area contributed by atoms with Crippen molar-refractivity contribution in [1.29, 1.82) is 5.26 Å². The number of hydrogen-bond donors (Lipinski definition) is 1. The van der Waals surface area contributed by atoms with E-state index in [4.69, 9.17) is 14.7 Å². The molecule has 0 heterocycles. The smallest absolute Gasteiger partial charge is 0.255 e. The number of rotatable bonds is 6. The second-order valence-electron chi connectivity index (χ2n) is 5.01. The van der Waals surface area contributed by atoms with Crippen LogP contribution in [-0.4, -0.2) is 20.1 Å². The number of methoxy groups -OCH3 is 2.